The third kappa shape index (κ3) is 6.44. The van der Waals surface area contributed by atoms with Crippen molar-refractivity contribution < 1.29 is 14.7 Å². The van der Waals surface area contributed by atoms with Gasteiger partial charge in [0, 0.05) is 22.2 Å². The lowest BCUT2D eigenvalue weighted by molar-refractivity contribution is -0.136. The quantitative estimate of drug-likeness (QED) is 0.649. The van der Waals surface area contributed by atoms with Crippen LogP contribution in [-0.4, -0.2) is 22.7 Å². The van der Waals surface area contributed by atoms with Crippen LogP contribution < -0.4 is 5.32 Å². The number of carboxylic acid groups (broad SMARTS) is 1. The molecule has 1 amide bonds. The maximum absolute atomic E-state index is 12.4. The molecule has 2 aromatic rings. The zero-order valence-electron chi connectivity index (χ0n) is 13.9. The third-order valence-electron chi connectivity index (χ3n) is 3.67. The molecule has 25 heavy (non-hydrogen) atoms. The molecule has 0 saturated carbocycles. The summed E-state index contributed by atoms with van der Waals surface area (Å²) in [6, 6.07) is 14.9. The van der Waals surface area contributed by atoms with Gasteiger partial charge in [0.25, 0.3) is 0 Å². The van der Waals surface area contributed by atoms with Crippen LogP contribution in [0.5, 0.6) is 0 Å². The third-order valence-corrected chi connectivity index (χ3v) is 4.93. The summed E-state index contributed by atoms with van der Waals surface area (Å²) in [4.78, 5) is 23.0. The first-order chi connectivity index (χ1) is 12.0. The van der Waals surface area contributed by atoms with E-state index in [1.165, 1.54) is 0 Å². The highest BCUT2D eigenvalue weighted by Crippen LogP contribution is 2.22. The van der Waals surface area contributed by atoms with E-state index < -0.39 is 5.97 Å². The average molecular weight is 378 g/mol. The molecule has 132 valence electrons. The summed E-state index contributed by atoms with van der Waals surface area (Å²) in [6.45, 7) is 1.84. The number of aliphatic carboxylic acids is 1. The van der Waals surface area contributed by atoms with Gasteiger partial charge < -0.3 is 10.4 Å². The normalized spacial score (nSPS) is 11.8. The molecule has 2 N–H and O–H groups in total. The van der Waals surface area contributed by atoms with Crippen molar-refractivity contribution in [2.24, 2.45) is 0 Å². The summed E-state index contributed by atoms with van der Waals surface area (Å²) in [7, 11) is 0. The van der Waals surface area contributed by atoms with Crippen LogP contribution in [0.4, 0.5) is 5.69 Å². The van der Waals surface area contributed by atoms with Gasteiger partial charge in [0.15, 0.2) is 0 Å². The zero-order valence-corrected chi connectivity index (χ0v) is 15.4. The van der Waals surface area contributed by atoms with E-state index in [0.717, 1.165) is 16.8 Å². The molecule has 0 aromatic heterocycles. The van der Waals surface area contributed by atoms with Crippen molar-refractivity contribution in [2.75, 3.05) is 11.1 Å². The number of nitrogens with one attached hydrogen (secondary N) is 1. The van der Waals surface area contributed by atoms with Crippen LogP contribution in [0.2, 0.25) is 5.02 Å². The van der Waals surface area contributed by atoms with E-state index in [1.807, 2.05) is 43.3 Å². The van der Waals surface area contributed by atoms with Crippen LogP contribution in [0, 0.1) is 0 Å². The molecule has 1 atom stereocenters. The van der Waals surface area contributed by atoms with E-state index in [0.29, 0.717) is 16.5 Å². The molecule has 0 spiro atoms. The van der Waals surface area contributed by atoms with E-state index in [4.69, 9.17) is 16.7 Å². The summed E-state index contributed by atoms with van der Waals surface area (Å²) in [6.07, 6.45) is 0.151. The van der Waals surface area contributed by atoms with Gasteiger partial charge in [-0.3, -0.25) is 9.59 Å². The van der Waals surface area contributed by atoms with E-state index >= 15 is 0 Å². The molecular weight excluding hydrogens is 358 g/mol. The maximum Gasteiger partial charge on any atom is 0.304 e. The highest BCUT2D eigenvalue weighted by atomic mass is 35.5. The Bertz CT molecular complexity index is 751. The number of amides is 1. The minimum atomic E-state index is -0.788. The fourth-order valence-electron chi connectivity index (χ4n) is 2.27. The number of hydrogen-bond acceptors (Lipinski definition) is 3. The number of thioether (sulfide) groups is 1. The van der Waals surface area contributed by atoms with Crippen molar-refractivity contribution in [3.8, 4) is 0 Å². The lowest BCUT2D eigenvalue weighted by atomic mass is 10.0. The lowest BCUT2D eigenvalue weighted by Crippen LogP contribution is -2.18. The molecule has 0 aliphatic heterocycles. The zero-order chi connectivity index (χ0) is 18.2. The van der Waals surface area contributed by atoms with Crippen molar-refractivity contribution in [3.05, 3.63) is 64.7 Å². The lowest BCUT2D eigenvalue weighted by Gasteiger charge is -2.13. The molecule has 0 saturated heterocycles. The number of carbonyl (C=O) groups is 2. The molecule has 0 aliphatic carbocycles. The largest absolute Gasteiger partial charge is 0.481 e. The Labute approximate surface area is 156 Å². The molecule has 2 aromatic carbocycles. The molecule has 0 aliphatic rings. The second kappa shape index (κ2) is 9.49. The van der Waals surface area contributed by atoms with Gasteiger partial charge >= 0.3 is 5.97 Å². The van der Waals surface area contributed by atoms with Gasteiger partial charge in [-0.05, 0) is 42.3 Å². The Kier molecular flexibility index (Phi) is 7.34. The van der Waals surface area contributed by atoms with Crippen LogP contribution in [0.3, 0.4) is 0 Å². The number of rotatable bonds is 8. The minimum absolute atomic E-state index is 0.0991. The molecule has 6 heteroatoms. The van der Waals surface area contributed by atoms with Crippen LogP contribution in [-0.2, 0) is 15.3 Å². The van der Waals surface area contributed by atoms with Crippen molar-refractivity contribution in [2.45, 2.75) is 25.0 Å². The highest BCUT2D eigenvalue weighted by Gasteiger charge is 2.15. The number of hydrogen-bond donors (Lipinski definition) is 2. The van der Waals surface area contributed by atoms with Crippen LogP contribution in [0.15, 0.2) is 48.5 Å². The van der Waals surface area contributed by atoms with E-state index in [2.05, 4.69) is 5.32 Å². The first-order valence-electron chi connectivity index (χ1n) is 7.90. The summed E-state index contributed by atoms with van der Waals surface area (Å²) < 4.78 is 0. The predicted molar refractivity (Wildman–Crippen MR) is 103 cm³/mol. The van der Waals surface area contributed by atoms with Gasteiger partial charge in [0.05, 0.1) is 12.3 Å². The highest BCUT2D eigenvalue weighted by molar-refractivity contribution is 7.98. The van der Waals surface area contributed by atoms with Gasteiger partial charge in [-0.25, -0.2) is 0 Å². The minimum Gasteiger partial charge on any atom is -0.481 e. The molecule has 0 bridgehead atoms. The van der Waals surface area contributed by atoms with Crippen LogP contribution in [0.1, 0.15) is 30.4 Å². The number of anilines is 1. The summed E-state index contributed by atoms with van der Waals surface area (Å²) in [5.41, 5.74) is 2.64. The topological polar surface area (TPSA) is 66.4 Å². The molecule has 4 nitrogen and oxygen atoms in total. The molecular formula is C19H20ClNO3S. The fourth-order valence-corrected chi connectivity index (χ4v) is 3.34. The standard InChI is InChI=1S/C19H20ClNO3S/c1-13(15-5-3-6-16(20)11-15)19(24)21-17-7-2-4-14(10-17)12-25-9-8-18(22)23/h2-7,10-11,13H,8-9,12H2,1H3,(H,21,24)(H,22,23). The summed E-state index contributed by atoms with van der Waals surface area (Å²) in [5, 5.41) is 12.2. The number of carbonyl (C=O) groups excluding carboxylic acids is 1. The monoisotopic (exact) mass is 377 g/mol. The first kappa shape index (κ1) is 19.3. The number of carboxylic acids is 1. The van der Waals surface area contributed by atoms with Crippen molar-refractivity contribution in [1.29, 1.82) is 0 Å². The van der Waals surface area contributed by atoms with Crippen molar-refractivity contribution in [1.82, 2.24) is 0 Å². The molecule has 0 heterocycles. The summed E-state index contributed by atoms with van der Waals surface area (Å²) in [5.74, 6) is 0.0761. The van der Waals surface area contributed by atoms with Gasteiger partial charge in [0.2, 0.25) is 5.91 Å². The number of benzene rings is 2. The Hall–Kier alpha value is -1.98. The van der Waals surface area contributed by atoms with Gasteiger partial charge in [-0.15, -0.1) is 0 Å². The average Bonchev–Trinajstić information content (AvgIpc) is 2.58. The smallest absolute Gasteiger partial charge is 0.304 e. The molecule has 0 radical (unpaired) electrons. The van der Waals surface area contributed by atoms with Crippen LogP contribution >= 0.6 is 23.4 Å². The van der Waals surface area contributed by atoms with Gasteiger partial charge in [-0.1, -0.05) is 35.9 Å². The van der Waals surface area contributed by atoms with Crippen molar-refractivity contribution >= 4 is 40.9 Å². The molecule has 2 rings (SSSR count). The predicted octanol–water partition coefficient (Wildman–Crippen LogP) is 4.79. The van der Waals surface area contributed by atoms with E-state index in [-0.39, 0.29) is 18.2 Å². The van der Waals surface area contributed by atoms with Gasteiger partial charge in [0.1, 0.15) is 0 Å². The first-order valence-corrected chi connectivity index (χ1v) is 9.44. The molecule has 1 unspecified atom stereocenters. The Balaban J connectivity index is 1.94. The maximum atomic E-state index is 12.4. The number of halogens is 1. The second-order valence-corrected chi connectivity index (χ2v) is 7.20. The Morgan fingerprint density at radius 1 is 1.20 bits per heavy atom. The SMILES string of the molecule is CC(C(=O)Nc1cccc(CSCCC(=O)O)c1)c1cccc(Cl)c1. The summed E-state index contributed by atoms with van der Waals surface area (Å²) >= 11 is 7.54. The van der Waals surface area contributed by atoms with Crippen LogP contribution in [0.25, 0.3) is 0 Å². The molecule has 0 fully saturated rings. The van der Waals surface area contributed by atoms with E-state index in [9.17, 15) is 9.59 Å². The fraction of sp³-hybridized carbons (Fsp3) is 0.263. The van der Waals surface area contributed by atoms with Gasteiger partial charge in [-0.2, -0.15) is 11.8 Å². The second-order valence-electron chi connectivity index (χ2n) is 5.66. The Morgan fingerprint density at radius 3 is 2.68 bits per heavy atom. The Morgan fingerprint density at radius 2 is 1.96 bits per heavy atom. The van der Waals surface area contributed by atoms with E-state index in [1.54, 1.807) is 23.9 Å². The van der Waals surface area contributed by atoms with Crippen molar-refractivity contribution in [3.63, 3.8) is 0 Å².